The van der Waals surface area contributed by atoms with E-state index in [4.69, 9.17) is 24.7 Å². The van der Waals surface area contributed by atoms with Gasteiger partial charge in [-0.25, -0.2) is 9.59 Å². The Balaban J connectivity index is 1.38. The standard InChI is InChI=1S/C69H106N12O16/c1-16-43(8)61(52(95-14)38-56(85)80-36-22-26-51(80)62(96-15)44(9)63(86)72-45(10)59(77-93)47-23-20-24-49(37-47)94-13)78(11)67(90)58(41(4)5)76-66(89)60(42(6)7)79(12)69(92)97-39-46-28-30-48(31-29-46)73-64(87)50(25-21-34-71-68(70)91)74-65(88)57(40(2)3)75-53(82)27-18-17-19-35-81-54(83)32-33-55(81)84/h20,23-24,28-33,37,40-45,50-52,57-58,60-62,93H,16-19,21-22,25-27,34-36,38-39H2,1-15H3,(H,72,86)(H,73,87)(H,74,88)(H,75,82)(H,76,89)(H3,70,71,91)/b77-59-/t43-,44+,45+,50-,51-,52+,57-,58-,60-,61?,62+/m0/s1. The van der Waals surface area contributed by atoms with Crippen LogP contribution < -0.4 is 42.4 Å². The van der Waals surface area contributed by atoms with Gasteiger partial charge in [0.15, 0.2) is 0 Å². The summed E-state index contributed by atoms with van der Waals surface area (Å²) in [7, 11) is 7.56. The Bertz CT molecular complexity index is 3050. The Morgan fingerprint density at radius 3 is 1.98 bits per heavy atom. The third-order valence-electron chi connectivity index (χ3n) is 18.0. The molecule has 28 nitrogen and oxygen atoms in total. The van der Waals surface area contributed by atoms with Crippen molar-refractivity contribution >= 4 is 76.7 Å². The number of anilines is 1. The maximum Gasteiger partial charge on any atom is 0.410 e. The molecule has 1 saturated heterocycles. The first-order chi connectivity index (χ1) is 45.9. The van der Waals surface area contributed by atoms with E-state index in [0.717, 1.165) is 4.90 Å². The first-order valence-corrected chi connectivity index (χ1v) is 33.5. The van der Waals surface area contributed by atoms with E-state index in [1.165, 1.54) is 50.3 Å². The molecule has 2 heterocycles. The van der Waals surface area contributed by atoms with Gasteiger partial charge in [-0.05, 0) is 98.9 Å². The van der Waals surface area contributed by atoms with Crippen molar-refractivity contribution < 1.29 is 76.9 Å². The molecule has 1 fully saturated rings. The zero-order valence-electron chi connectivity index (χ0n) is 59.1. The van der Waals surface area contributed by atoms with Gasteiger partial charge in [-0.15, -0.1) is 0 Å². The topological polar surface area (TPSA) is 368 Å². The first-order valence-electron chi connectivity index (χ1n) is 33.5. The van der Waals surface area contributed by atoms with E-state index in [9.17, 15) is 57.9 Å². The van der Waals surface area contributed by atoms with Crippen molar-refractivity contribution in [3.63, 3.8) is 0 Å². The molecule has 0 saturated carbocycles. The Kier molecular flexibility index (Phi) is 32.9. The number of imide groups is 1. The fraction of sp³-hybridized carbons (Fsp3) is 0.623. The highest BCUT2D eigenvalue weighted by Gasteiger charge is 2.44. The molecule has 4 rings (SSSR count). The fourth-order valence-corrected chi connectivity index (χ4v) is 12.3. The third kappa shape index (κ3) is 23.6. The predicted octanol–water partition coefficient (Wildman–Crippen LogP) is 5.23. The summed E-state index contributed by atoms with van der Waals surface area (Å²) >= 11 is 0. The molecule has 2 aromatic rings. The summed E-state index contributed by atoms with van der Waals surface area (Å²) in [6.45, 7) is 18.5. The van der Waals surface area contributed by atoms with Crippen LogP contribution in [0, 0.1) is 29.6 Å². The zero-order chi connectivity index (χ0) is 72.4. The molecule has 97 heavy (non-hydrogen) atoms. The van der Waals surface area contributed by atoms with Gasteiger partial charge >= 0.3 is 12.1 Å². The number of nitrogens with zero attached hydrogens (tertiary/aromatic N) is 5. The quantitative estimate of drug-likeness (QED) is 0.0140. The average Bonchev–Trinajstić information content (AvgIpc) is 1.74. The lowest BCUT2D eigenvalue weighted by Crippen LogP contribution is -2.60. The van der Waals surface area contributed by atoms with Crippen molar-refractivity contribution in [2.75, 3.05) is 60.4 Å². The van der Waals surface area contributed by atoms with E-state index in [2.05, 4.69) is 37.1 Å². The van der Waals surface area contributed by atoms with Crippen LogP contribution in [-0.4, -0.2) is 205 Å². The first kappa shape index (κ1) is 80.8. The van der Waals surface area contributed by atoms with E-state index in [-0.39, 0.29) is 86.6 Å². The lowest BCUT2D eigenvalue weighted by Gasteiger charge is -2.41. The summed E-state index contributed by atoms with van der Waals surface area (Å²) in [5.41, 5.74) is 6.87. The summed E-state index contributed by atoms with van der Waals surface area (Å²) in [5, 5.41) is 30.1. The van der Waals surface area contributed by atoms with Gasteiger partial charge in [0.1, 0.15) is 42.2 Å². The Morgan fingerprint density at radius 2 is 1.40 bits per heavy atom. The molecular weight excluding hydrogens is 1250 g/mol. The number of hydrogen-bond acceptors (Lipinski definition) is 17. The van der Waals surface area contributed by atoms with Gasteiger partial charge in [0.25, 0.3) is 11.8 Å². The van der Waals surface area contributed by atoms with Crippen LogP contribution in [0.15, 0.2) is 65.8 Å². The van der Waals surface area contributed by atoms with Crippen LogP contribution in [0.2, 0.25) is 0 Å². The second-order valence-electron chi connectivity index (χ2n) is 26.1. The lowest BCUT2D eigenvalue weighted by molar-refractivity contribution is -0.148. The predicted molar refractivity (Wildman–Crippen MR) is 363 cm³/mol. The maximum absolute atomic E-state index is 14.8. The SMILES string of the molecule is CC[C@H](C)C([C@@H](CC(=O)N1CCC[C@H]1[C@H](OC)[C@@H](C)C(=O)N[C@H](C)/C(=N/O)c1cccc(OC)c1)OC)N(C)C(=O)[C@@H](NC(=O)[C@H](C(C)C)N(C)C(=O)OCc1ccc(NC(=O)[C@H](CCCNC(N)=O)NC(=O)[C@@H](NC(=O)CCCCCN2C(=O)C=CC2=O)C(C)C)cc1)C(C)C. The van der Waals surface area contributed by atoms with Crippen molar-refractivity contribution in [2.45, 2.75) is 195 Å². The fourth-order valence-electron chi connectivity index (χ4n) is 12.3. The summed E-state index contributed by atoms with van der Waals surface area (Å²) < 4.78 is 23.1. The average molecular weight is 1360 g/mol. The molecule has 0 aliphatic carbocycles. The highest BCUT2D eigenvalue weighted by Crippen LogP contribution is 2.30. The van der Waals surface area contributed by atoms with Gasteiger partial charge in [0, 0.05) is 77.8 Å². The molecule has 2 aliphatic heterocycles. The number of carbonyl (C=O) groups excluding carboxylic acids is 11. The second-order valence-corrected chi connectivity index (χ2v) is 26.1. The van der Waals surface area contributed by atoms with Gasteiger partial charge in [-0.3, -0.25) is 53.0 Å². The van der Waals surface area contributed by atoms with E-state index in [1.807, 2.05) is 13.8 Å². The number of benzene rings is 2. The molecule has 0 bridgehead atoms. The van der Waals surface area contributed by atoms with Crippen LogP contribution in [0.1, 0.15) is 145 Å². The number of likely N-dealkylation sites (N-methyl/N-ethyl adjacent to an activating group) is 2. The van der Waals surface area contributed by atoms with E-state index < -0.39 is 114 Å². The van der Waals surface area contributed by atoms with E-state index in [0.29, 0.717) is 67.6 Å². The number of hydrogen-bond donors (Lipinski definition) is 8. The van der Waals surface area contributed by atoms with Crippen LogP contribution >= 0.6 is 0 Å². The molecule has 2 aliphatic rings. The van der Waals surface area contributed by atoms with Gasteiger partial charge in [0.2, 0.25) is 41.4 Å². The minimum atomic E-state index is -1.12. The smallest absolute Gasteiger partial charge is 0.410 e. The molecule has 538 valence electrons. The van der Waals surface area contributed by atoms with Crippen LogP contribution in [0.3, 0.4) is 0 Å². The minimum absolute atomic E-state index is 0.0806. The highest BCUT2D eigenvalue weighted by molar-refractivity contribution is 6.13. The number of nitrogens with one attached hydrogen (secondary N) is 6. The largest absolute Gasteiger partial charge is 0.497 e. The number of carbonyl (C=O) groups is 11. The van der Waals surface area contributed by atoms with Crippen molar-refractivity contribution in [3.8, 4) is 5.75 Å². The van der Waals surface area contributed by atoms with E-state index >= 15 is 0 Å². The molecule has 1 unspecified atom stereocenters. The number of urea groups is 1. The monoisotopic (exact) mass is 1360 g/mol. The van der Waals surface area contributed by atoms with Crippen molar-refractivity contribution in [1.82, 2.24) is 46.2 Å². The van der Waals surface area contributed by atoms with Crippen molar-refractivity contribution in [3.05, 3.63) is 71.8 Å². The second kappa shape index (κ2) is 39.5. The van der Waals surface area contributed by atoms with Gasteiger partial charge in [-0.1, -0.05) is 105 Å². The third-order valence-corrected chi connectivity index (χ3v) is 18.0. The zero-order valence-corrected chi connectivity index (χ0v) is 59.1. The van der Waals surface area contributed by atoms with Crippen LogP contribution in [-0.2, 0) is 64.0 Å². The van der Waals surface area contributed by atoms with Gasteiger partial charge < -0.3 is 71.6 Å². The van der Waals surface area contributed by atoms with Crippen molar-refractivity contribution in [2.24, 2.45) is 40.5 Å². The van der Waals surface area contributed by atoms with Gasteiger partial charge in [0.05, 0.1) is 49.8 Å². The molecule has 0 aromatic heterocycles. The molecule has 0 spiro atoms. The number of oxime groups is 1. The molecule has 9 N–H and O–H groups in total. The van der Waals surface area contributed by atoms with Crippen LogP contribution in [0.4, 0.5) is 15.3 Å². The van der Waals surface area contributed by atoms with E-state index in [1.54, 1.807) is 116 Å². The number of nitrogens with two attached hydrogens (primary N) is 1. The summed E-state index contributed by atoms with van der Waals surface area (Å²) in [6.07, 6.45) is 3.71. The summed E-state index contributed by atoms with van der Waals surface area (Å²) in [4.78, 5) is 153. The molecule has 28 heteroatoms. The molecule has 11 atom stereocenters. The summed E-state index contributed by atoms with van der Waals surface area (Å²) in [6, 6.07) is 6.42. The highest BCUT2D eigenvalue weighted by atomic mass is 16.6. The molecular formula is C69H106N12O16. The number of ether oxygens (including phenoxy) is 4. The number of likely N-dealkylation sites (tertiary alicyclic amines) is 1. The van der Waals surface area contributed by atoms with Gasteiger partial charge in [-0.2, -0.15) is 0 Å². The number of methoxy groups -OCH3 is 3. The van der Waals surface area contributed by atoms with Crippen LogP contribution in [0.25, 0.3) is 0 Å². The Labute approximate surface area is 570 Å². The Morgan fingerprint density at radius 1 is 0.742 bits per heavy atom. The Hall–Kier alpha value is -8.66. The number of unbranched alkanes of at least 4 members (excludes halogenated alkanes) is 2. The number of rotatable bonds is 39. The number of primary amides is 1. The lowest BCUT2D eigenvalue weighted by atomic mass is 9.89. The van der Waals surface area contributed by atoms with Crippen LogP contribution in [0.5, 0.6) is 5.75 Å². The minimum Gasteiger partial charge on any atom is -0.497 e. The van der Waals surface area contributed by atoms with Crippen molar-refractivity contribution in [1.29, 1.82) is 0 Å². The normalized spacial score (nSPS) is 17.1. The maximum atomic E-state index is 14.8. The number of amides is 12. The molecule has 2 aromatic carbocycles. The molecule has 12 amide bonds. The molecule has 0 radical (unpaired) electrons. The summed E-state index contributed by atoms with van der Waals surface area (Å²) in [5.74, 6) is -5.66.